The Bertz CT molecular complexity index is 170. The lowest BCUT2D eigenvalue weighted by Crippen LogP contribution is -2.36. The molecule has 0 amide bonds. The lowest BCUT2D eigenvalue weighted by molar-refractivity contribution is 1.56. The van der Waals surface area contributed by atoms with Crippen LogP contribution >= 0.6 is 7.92 Å². The van der Waals surface area contributed by atoms with Gasteiger partial charge in [-0.2, -0.15) is 0 Å². The van der Waals surface area contributed by atoms with E-state index in [4.69, 9.17) is 0 Å². The molecule has 0 N–H and O–H groups in total. The van der Waals surface area contributed by atoms with E-state index in [0.29, 0.717) is 7.92 Å². The molecule has 0 aromatic heterocycles. The first-order chi connectivity index (χ1) is 6.79. The number of hydrogen-bond acceptors (Lipinski definition) is 0. The highest BCUT2D eigenvalue weighted by Gasteiger charge is 2.28. The summed E-state index contributed by atoms with van der Waals surface area (Å²) in [5.41, 5.74) is 0. The Morgan fingerprint density at radius 3 is 0.812 bits per heavy atom. The van der Waals surface area contributed by atoms with Crippen molar-refractivity contribution in [3.63, 3.8) is 0 Å². The molecule has 0 fully saturated rings. The van der Waals surface area contributed by atoms with E-state index in [2.05, 4.69) is 58.9 Å². The van der Waals surface area contributed by atoms with Gasteiger partial charge < -0.3 is 0 Å². The lowest BCUT2D eigenvalue weighted by atomic mass is 11.7. The maximum atomic E-state index is 2.55. The van der Waals surface area contributed by atoms with Crippen molar-refractivity contribution in [3.8, 4) is 0 Å². The molecule has 4 heteroatoms. The van der Waals surface area contributed by atoms with Gasteiger partial charge >= 0.3 is 0 Å². The minimum absolute atomic E-state index is 0.360. The number of rotatable bonds is 6. The predicted molar refractivity (Wildman–Crippen MR) is 91.6 cm³/mol. The van der Waals surface area contributed by atoms with Crippen molar-refractivity contribution >= 4 is 32.1 Å². The largest absolute Gasteiger partial charge is 0.115 e. The fourth-order valence-electron chi connectivity index (χ4n) is 2.18. The fourth-order valence-corrected chi connectivity index (χ4v) is 22.6. The van der Waals surface area contributed by atoms with Crippen LogP contribution in [0.1, 0.15) is 0 Å². The van der Waals surface area contributed by atoms with Crippen molar-refractivity contribution in [2.45, 2.75) is 58.9 Å². The van der Waals surface area contributed by atoms with Crippen LogP contribution in [0.25, 0.3) is 0 Å². The summed E-state index contributed by atoms with van der Waals surface area (Å²) in [7, 11) is -2.18. The van der Waals surface area contributed by atoms with Crippen LogP contribution in [0.15, 0.2) is 0 Å². The van der Waals surface area contributed by atoms with Crippen molar-refractivity contribution in [2.24, 2.45) is 0 Å². The molecule has 0 heterocycles. The first-order valence-electron chi connectivity index (χ1n) is 6.51. The zero-order valence-electron chi connectivity index (χ0n) is 13.1. The molecule has 98 valence electrons. The molecule has 0 saturated carbocycles. The third kappa shape index (κ3) is 11.6. The second kappa shape index (κ2) is 5.81. The van der Waals surface area contributed by atoms with Crippen LogP contribution in [-0.2, 0) is 0 Å². The molecule has 0 unspecified atom stereocenters. The van der Waals surface area contributed by atoms with E-state index in [9.17, 15) is 0 Å². The summed E-state index contributed by atoms with van der Waals surface area (Å²) in [6.07, 6.45) is 0. The maximum absolute atomic E-state index is 2.55. The van der Waals surface area contributed by atoms with Crippen molar-refractivity contribution in [2.75, 3.05) is 17.4 Å². The number of hydrogen-bond donors (Lipinski definition) is 0. The molecule has 0 aromatic carbocycles. The van der Waals surface area contributed by atoms with Crippen LogP contribution in [0.5, 0.6) is 0 Å². The Morgan fingerprint density at radius 2 is 0.688 bits per heavy atom. The Balaban J connectivity index is 4.53. The monoisotopic (exact) mass is 292 g/mol. The molecular formula is C12H33PSi3. The summed E-state index contributed by atoms with van der Waals surface area (Å²) < 4.78 is 0. The van der Waals surface area contributed by atoms with Gasteiger partial charge in [0.2, 0.25) is 0 Å². The molecule has 0 aliphatic carbocycles. The van der Waals surface area contributed by atoms with E-state index in [1.54, 1.807) is 17.4 Å². The van der Waals surface area contributed by atoms with Gasteiger partial charge in [-0.25, -0.2) is 0 Å². The summed E-state index contributed by atoms with van der Waals surface area (Å²) in [5.74, 6) is 4.87. The molecule has 0 aliphatic rings. The third-order valence-electron chi connectivity index (χ3n) is 2.09. The Hall–Kier alpha value is 1.08. The molecule has 0 aromatic rings. The van der Waals surface area contributed by atoms with E-state index in [1.165, 1.54) is 0 Å². The van der Waals surface area contributed by atoms with E-state index in [-0.39, 0.29) is 0 Å². The van der Waals surface area contributed by atoms with Crippen LogP contribution in [0, 0.1) is 0 Å². The first kappa shape index (κ1) is 17.1. The molecular weight excluding hydrogens is 259 g/mol. The van der Waals surface area contributed by atoms with Gasteiger partial charge in [0.05, 0.1) is 0 Å². The second-order valence-corrected chi connectivity index (χ2v) is 29.3. The van der Waals surface area contributed by atoms with E-state index >= 15 is 0 Å². The molecule has 0 atom stereocenters. The average molecular weight is 293 g/mol. The summed E-state index contributed by atoms with van der Waals surface area (Å²) in [5, 5.41) is 0. The van der Waals surface area contributed by atoms with Crippen LogP contribution in [-0.4, -0.2) is 41.6 Å². The molecule has 0 nitrogen and oxygen atoms in total. The smallest absolute Gasteiger partial charge is 0.0485 e. The van der Waals surface area contributed by atoms with E-state index in [0.717, 1.165) is 0 Å². The van der Waals surface area contributed by atoms with Crippen molar-refractivity contribution < 1.29 is 0 Å². The second-order valence-electron chi connectivity index (χ2n) is 8.83. The van der Waals surface area contributed by atoms with Crippen LogP contribution in [0.3, 0.4) is 0 Å². The van der Waals surface area contributed by atoms with Crippen molar-refractivity contribution in [1.82, 2.24) is 0 Å². The van der Waals surface area contributed by atoms with E-state index in [1.807, 2.05) is 0 Å². The van der Waals surface area contributed by atoms with Crippen molar-refractivity contribution in [3.05, 3.63) is 0 Å². The zero-order valence-corrected chi connectivity index (χ0v) is 17.0. The summed E-state index contributed by atoms with van der Waals surface area (Å²) in [6.45, 7) is 23.0. The third-order valence-corrected chi connectivity index (χ3v) is 18.8. The van der Waals surface area contributed by atoms with E-state index < -0.39 is 24.2 Å². The molecule has 0 bridgehead atoms. The zero-order chi connectivity index (χ0) is 13.2. The molecule has 0 aliphatic heterocycles. The van der Waals surface area contributed by atoms with Crippen molar-refractivity contribution in [1.29, 1.82) is 0 Å². The van der Waals surface area contributed by atoms with Gasteiger partial charge in [0.25, 0.3) is 0 Å². The standard InChI is InChI=1S/C12H33PSi3/c1-14(2,3)10-13(11-15(4,5)6)12-16(7,8)9/h10-12H2,1-9H3. The highest BCUT2D eigenvalue weighted by Crippen LogP contribution is 2.43. The van der Waals surface area contributed by atoms with Gasteiger partial charge in [-0.3, -0.25) is 0 Å². The molecule has 0 saturated heterocycles. The minimum Gasteiger partial charge on any atom is -0.115 e. The Labute approximate surface area is 108 Å². The normalized spacial score (nSPS) is 14.6. The summed E-state index contributed by atoms with van der Waals surface area (Å²) >= 11 is 0. The van der Waals surface area contributed by atoms with Gasteiger partial charge in [0, 0.05) is 24.2 Å². The highest BCUT2D eigenvalue weighted by molar-refractivity contribution is 7.65. The topological polar surface area (TPSA) is 0 Å². The molecule has 0 rings (SSSR count). The van der Waals surface area contributed by atoms with Gasteiger partial charge in [-0.1, -0.05) is 58.9 Å². The average Bonchev–Trinajstić information content (AvgIpc) is 1.70. The van der Waals surface area contributed by atoms with Gasteiger partial charge in [0.1, 0.15) is 0 Å². The van der Waals surface area contributed by atoms with Gasteiger partial charge in [0.15, 0.2) is 0 Å². The SMILES string of the molecule is C[Si](C)(C)CP(C[Si](C)(C)C)C[Si](C)(C)C. The summed E-state index contributed by atoms with van der Waals surface area (Å²) in [6, 6.07) is 0. The lowest BCUT2D eigenvalue weighted by Gasteiger charge is -2.33. The maximum Gasteiger partial charge on any atom is 0.0485 e. The fraction of sp³-hybridized carbons (Fsp3) is 1.00. The Morgan fingerprint density at radius 1 is 0.500 bits per heavy atom. The van der Waals surface area contributed by atoms with Gasteiger partial charge in [-0.05, 0) is 17.4 Å². The first-order valence-corrected chi connectivity index (χ1v) is 19.5. The predicted octanol–water partition coefficient (Wildman–Crippen LogP) is 5.10. The van der Waals surface area contributed by atoms with Crippen LogP contribution in [0.2, 0.25) is 58.9 Å². The quantitative estimate of drug-likeness (QED) is 0.472. The molecule has 16 heavy (non-hydrogen) atoms. The highest BCUT2D eigenvalue weighted by atomic mass is 31.1. The molecule has 0 spiro atoms. The van der Waals surface area contributed by atoms with Crippen LogP contribution < -0.4 is 0 Å². The van der Waals surface area contributed by atoms with Gasteiger partial charge in [-0.15, -0.1) is 7.92 Å². The van der Waals surface area contributed by atoms with Crippen LogP contribution in [0.4, 0.5) is 0 Å². The summed E-state index contributed by atoms with van der Waals surface area (Å²) in [4.78, 5) is 0. The molecule has 0 radical (unpaired) electrons. The minimum atomic E-state index is -0.847. The Kier molecular flexibility index (Phi) is 6.21.